The first-order valence-corrected chi connectivity index (χ1v) is 5.38. The monoisotopic (exact) mass is 327 g/mol. The molecule has 0 saturated carbocycles. The van der Waals surface area contributed by atoms with Crippen LogP contribution < -0.4 is 21.5 Å². The number of rotatable bonds is 5. The number of primary amides is 1. The van der Waals surface area contributed by atoms with Crippen LogP contribution in [0.2, 0.25) is 0 Å². The zero-order valence-electron chi connectivity index (χ0n) is 10.5. The second-order valence-corrected chi connectivity index (χ2v) is 3.84. The number of carbonyl (C=O) groups is 2. The summed E-state index contributed by atoms with van der Waals surface area (Å²) in [5.74, 6) is -1.83. The lowest BCUT2D eigenvalue weighted by atomic mass is 10.2. The standard InChI is InChI=1S/C11H12F3N3O3.ClH/c12-11(13,14)20-7-3-1-6(2-4-7)17-10(19)8(15)5-9(16)18;/h1-4,8H,5,15H2,(H2,16,18)(H,17,19);1H. The summed E-state index contributed by atoms with van der Waals surface area (Å²) in [6.45, 7) is 0. The van der Waals surface area contributed by atoms with E-state index in [1.165, 1.54) is 12.1 Å². The van der Waals surface area contributed by atoms with Crippen LogP contribution in [0.1, 0.15) is 6.42 Å². The summed E-state index contributed by atoms with van der Waals surface area (Å²) in [5, 5.41) is 2.33. The van der Waals surface area contributed by atoms with Crippen LogP contribution in [0.5, 0.6) is 5.75 Å². The lowest BCUT2D eigenvalue weighted by Gasteiger charge is -2.12. The predicted molar refractivity (Wildman–Crippen MR) is 70.8 cm³/mol. The number of hydrogen-bond donors (Lipinski definition) is 3. The van der Waals surface area contributed by atoms with Gasteiger partial charge < -0.3 is 21.5 Å². The number of hydrogen-bond acceptors (Lipinski definition) is 4. The molecule has 1 unspecified atom stereocenters. The SMILES string of the molecule is Cl.NC(=O)CC(N)C(=O)Nc1ccc(OC(F)(F)F)cc1. The van der Waals surface area contributed by atoms with Crippen LogP contribution in [0, 0.1) is 0 Å². The van der Waals surface area contributed by atoms with Gasteiger partial charge >= 0.3 is 6.36 Å². The molecule has 0 fully saturated rings. The molecule has 6 nitrogen and oxygen atoms in total. The van der Waals surface area contributed by atoms with E-state index in [2.05, 4.69) is 10.1 Å². The molecule has 0 aliphatic rings. The fourth-order valence-electron chi connectivity index (χ4n) is 1.28. The molecule has 0 heterocycles. The van der Waals surface area contributed by atoms with Gasteiger partial charge in [-0.2, -0.15) is 0 Å². The maximum absolute atomic E-state index is 11.9. The molecule has 0 aliphatic heterocycles. The number of amides is 2. The van der Waals surface area contributed by atoms with Crippen molar-refractivity contribution in [2.75, 3.05) is 5.32 Å². The van der Waals surface area contributed by atoms with E-state index in [-0.39, 0.29) is 24.5 Å². The molecule has 21 heavy (non-hydrogen) atoms. The average molecular weight is 328 g/mol. The Morgan fingerprint density at radius 2 is 1.76 bits per heavy atom. The number of ether oxygens (including phenoxy) is 1. The topological polar surface area (TPSA) is 107 Å². The molecule has 10 heteroatoms. The Kier molecular flexibility index (Phi) is 6.96. The molecule has 1 atom stereocenters. The third kappa shape index (κ3) is 7.37. The van der Waals surface area contributed by atoms with E-state index in [1.807, 2.05) is 0 Å². The molecule has 2 amide bonds. The summed E-state index contributed by atoms with van der Waals surface area (Å²) in [6.07, 6.45) is -5.12. The smallest absolute Gasteiger partial charge is 0.406 e. The van der Waals surface area contributed by atoms with E-state index < -0.39 is 30.0 Å². The highest BCUT2D eigenvalue weighted by Crippen LogP contribution is 2.23. The van der Waals surface area contributed by atoms with Crippen molar-refractivity contribution in [3.63, 3.8) is 0 Å². The van der Waals surface area contributed by atoms with Crippen LogP contribution in [0.4, 0.5) is 18.9 Å². The zero-order valence-corrected chi connectivity index (χ0v) is 11.3. The third-order valence-electron chi connectivity index (χ3n) is 2.11. The highest BCUT2D eigenvalue weighted by atomic mass is 35.5. The fourth-order valence-corrected chi connectivity index (χ4v) is 1.28. The first-order valence-electron chi connectivity index (χ1n) is 5.38. The van der Waals surface area contributed by atoms with Crippen LogP contribution in [-0.4, -0.2) is 24.2 Å². The summed E-state index contributed by atoms with van der Waals surface area (Å²) in [6, 6.07) is 3.34. The number of benzene rings is 1. The number of anilines is 1. The minimum Gasteiger partial charge on any atom is -0.406 e. The summed E-state index contributed by atoms with van der Waals surface area (Å²) in [5.41, 5.74) is 10.5. The Morgan fingerprint density at radius 3 is 2.19 bits per heavy atom. The molecule has 1 aromatic rings. The molecule has 0 spiro atoms. The van der Waals surface area contributed by atoms with Crippen molar-refractivity contribution in [2.45, 2.75) is 18.8 Å². The number of carbonyl (C=O) groups excluding carboxylic acids is 2. The second-order valence-electron chi connectivity index (χ2n) is 3.84. The van der Waals surface area contributed by atoms with Crippen molar-refractivity contribution in [3.05, 3.63) is 24.3 Å². The predicted octanol–water partition coefficient (Wildman–Crippen LogP) is 1.15. The average Bonchev–Trinajstić information content (AvgIpc) is 2.28. The van der Waals surface area contributed by atoms with Crippen molar-refractivity contribution in [3.8, 4) is 5.75 Å². The Labute approximate surface area is 124 Å². The molecule has 0 aromatic heterocycles. The van der Waals surface area contributed by atoms with Gasteiger partial charge in [-0.05, 0) is 24.3 Å². The Morgan fingerprint density at radius 1 is 1.24 bits per heavy atom. The van der Waals surface area contributed by atoms with Crippen LogP contribution in [0.3, 0.4) is 0 Å². The fraction of sp³-hybridized carbons (Fsp3) is 0.273. The minimum absolute atomic E-state index is 0. The van der Waals surface area contributed by atoms with Crippen molar-refractivity contribution < 1.29 is 27.5 Å². The van der Waals surface area contributed by atoms with Gasteiger partial charge in [-0.3, -0.25) is 9.59 Å². The maximum Gasteiger partial charge on any atom is 0.573 e. The molecular formula is C11H13ClF3N3O3. The lowest BCUT2D eigenvalue weighted by molar-refractivity contribution is -0.274. The molecule has 1 rings (SSSR count). The van der Waals surface area contributed by atoms with Gasteiger partial charge in [0.2, 0.25) is 11.8 Å². The van der Waals surface area contributed by atoms with Gasteiger partial charge in [0.15, 0.2) is 0 Å². The van der Waals surface area contributed by atoms with Crippen LogP contribution >= 0.6 is 12.4 Å². The summed E-state index contributed by atoms with van der Waals surface area (Å²) >= 11 is 0. The molecule has 0 radical (unpaired) electrons. The number of nitrogens with two attached hydrogens (primary N) is 2. The minimum atomic E-state index is -4.78. The Balaban J connectivity index is 0.00000400. The van der Waals surface area contributed by atoms with E-state index >= 15 is 0 Å². The molecular weight excluding hydrogens is 315 g/mol. The van der Waals surface area contributed by atoms with E-state index in [0.717, 1.165) is 12.1 Å². The summed E-state index contributed by atoms with van der Waals surface area (Å²) < 4.78 is 39.4. The highest BCUT2D eigenvalue weighted by molar-refractivity contribution is 5.97. The van der Waals surface area contributed by atoms with Gasteiger partial charge in [-0.1, -0.05) is 0 Å². The van der Waals surface area contributed by atoms with Gasteiger partial charge in [0.25, 0.3) is 0 Å². The van der Waals surface area contributed by atoms with E-state index in [1.54, 1.807) is 0 Å². The normalized spacial score (nSPS) is 12.0. The molecule has 0 aliphatic carbocycles. The highest BCUT2D eigenvalue weighted by Gasteiger charge is 2.31. The van der Waals surface area contributed by atoms with Crippen LogP contribution in [0.25, 0.3) is 0 Å². The van der Waals surface area contributed by atoms with Crippen molar-refractivity contribution in [2.24, 2.45) is 11.5 Å². The molecule has 1 aromatic carbocycles. The Hall–Kier alpha value is -2.00. The van der Waals surface area contributed by atoms with Gasteiger partial charge in [-0.25, -0.2) is 0 Å². The summed E-state index contributed by atoms with van der Waals surface area (Å²) in [4.78, 5) is 22.1. The van der Waals surface area contributed by atoms with Gasteiger partial charge in [0.05, 0.1) is 12.5 Å². The van der Waals surface area contributed by atoms with Gasteiger partial charge in [-0.15, -0.1) is 25.6 Å². The van der Waals surface area contributed by atoms with Crippen LogP contribution in [-0.2, 0) is 9.59 Å². The van der Waals surface area contributed by atoms with E-state index in [4.69, 9.17) is 11.5 Å². The molecule has 0 saturated heterocycles. The quantitative estimate of drug-likeness (QED) is 0.754. The molecule has 118 valence electrons. The van der Waals surface area contributed by atoms with Gasteiger partial charge in [0.1, 0.15) is 5.75 Å². The second kappa shape index (κ2) is 7.70. The van der Waals surface area contributed by atoms with Crippen molar-refractivity contribution in [1.29, 1.82) is 0 Å². The first kappa shape index (κ1) is 19.0. The largest absolute Gasteiger partial charge is 0.573 e. The van der Waals surface area contributed by atoms with E-state index in [9.17, 15) is 22.8 Å². The van der Waals surface area contributed by atoms with Crippen molar-refractivity contribution >= 4 is 29.9 Å². The first-order chi connectivity index (χ1) is 9.17. The Bertz CT molecular complexity index is 494. The molecule has 0 bridgehead atoms. The molecule has 5 N–H and O–H groups in total. The van der Waals surface area contributed by atoms with Gasteiger partial charge in [0, 0.05) is 5.69 Å². The third-order valence-corrected chi connectivity index (χ3v) is 2.11. The summed E-state index contributed by atoms with van der Waals surface area (Å²) in [7, 11) is 0. The lowest BCUT2D eigenvalue weighted by Crippen LogP contribution is -2.38. The van der Waals surface area contributed by atoms with Crippen LogP contribution in [0.15, 0.2) is 24.3 Å². The zero-order chi connectivity index (χ0) is 15.3. The number of nitrogens with one attached hydrogen (secondary N) is 1. The number of halogens is 4. The number of alkyl halides is 3. The maximum atomic E-state index is 11.9. The van der Waals surface area contributed by atoms with Crippen molar-refractivity contribution in [1.82, 2.24) is 0 Å². The van der Waals surface area contributed by atoms with E-state index in [0.29, 0.717) is 0 Å².